The summed E-state index contributed by atoms with van der Waals surface area (Å²) in [5, 5.41) is 18.3. The van der Waals surface area contributed by atoms with E-state index in [1.165, 1.54) is 0 Å². The molecule has 2 N–H and O–H groups in total. The van der Waals surface area contributed by atoms with Crippen LogP contribution in [0, 0.1) is 0 Å². The highest BCUT2D eigenvalue weighted by Gasteiger charge is 2.19. The van der Waals surface area contributed by atoms with E-state index in [0.29, 0.717) is 11.6 Å². The zero-order valence-electron chi connectivity index (χ0n) is 10.7. The van der Waals surface area contributed by atoms with Gasteiger partial charge in [0.2, 0.25) is 0 Å². The van der Waals surface area contributed by atoms with Crippen LogP contribution in [0.2, 0.25) is 0 Å². The normalized spacial score (nSPS) is 17.9. The van der Waals surface area contributed by atoms with E-state index in [4.69, 9.17) is 14.8 Å². The molecule has 1 aliphatic heterocycles. The Bertz CT molecular complexity index is 378. The van der Waals surface area contributed by atoms with Gasteiger partial charge in [-0.2, -0.15) is 0 Å². The van der Waals surface area contributed by atoms with Gasteiger partial charge in [0, 0.05) is 26.7 Å². The Morgan fingerprint density at radius 2 is 2.06 bits per heavy atom. The monoisotopic (exact) mass is 249 g/mol. The quantitative estimate of drug-likeness (QED) is 0.736. The Morgan fingerprint density at radius 1 is 1.33 bits per heavy atom. The number of hydrogen-bond donors (Lipinski definition) is 2. The van der Waals surface area contributed by atoms with E-state index < -0.39 is 7.12 Å². The van der Waals surface area contributed by atoms with Crippen molar-refractivity contribution in [2.45, 2.75) is 25.5 Å². The van der Waals surface area contributed by atoms with E-state index >= 15 is 0 Å². The molecule has 0 unspecified atom stereocenters. The van der Waals surface area contributed by atoms with Crippen molar-refractivity contribution in [3.8, 4) is 0 Å². The third-order valence-corrected chi connectivity index (χ3v) is 3.52. The van der Waals surface area contributed by atoms with E-state index in [0.717, 1.165) is 38.0 Å². The molecule has 0 spiro atoms. The first-order valence-corrected chi connectivity index (χ1v) is 6.39. The van der Waals surface area contributed by atoms with Crippen LogP contribution >= 0.6 is 0 Å². The van der Waals surface area contributed by atoms with Crippen molar-refractivity contribution >= 4 is 12.6 Å². The molecule has 98 valence electrons. The number of nitrogens with zero attached hydrogens (tertiary/aromatic N) is 1. The van der Waals surface area contributed by atoms with Crippen molar-refractivity contribution < 1.29 is 14.8 Å². The van der Waals surface area contributed by atoms with Crippen LogP contribution in [0.5, 0.6) is 0 Å². The minimum absolute atomic E-state index is 0.395. The molecule has 0 amide bonds. The second-order valence-corrected chi connectivity index (χ2v) is 4.83. The summed E-state index contributed by atoms with van der Waals surface area (Å²) in [6.45, 7) is 2.92. The van der Waals surface area contributed by atoms with E-state index in [1.54, 1.807) is 13.2 Å². The average molecular weight is 249 g/mol. The Hall–Kier alpha value is -0.875. The average Bonchev–Trinajstić information content (AvgIpc) is 2.40. The summed E-state index contributed by atoms with van der Waals surface area (Å²) in [6, 6.07) is 7.47. The predicted molar refractivity (Wildman–Crippen MR) is 71.6 cm³/mol. The van der Waals surface area contributed by atoms with Crippen LogP contribution in [0.15, 0.2) is 24.3 Å². The Balaban J connectivity index is 1.92. The molecule has 1 fully saturated rings. The largest absolute Gasteiger partial charge is 0.488 e. The molecule has 4 nitrogen and oxygen atoms in total. The first-order chi connectivity index (χ1) is 8.69. The van der Waals surface area contributed by atoms with Crippen molar-refractivity contribution in [3.63, 3.8) is 0 Å². The molecule has 5 heteroatoms. The minimum Gasteiger partial charge on any atom is -0.423 e. The van der Waals surface area contributed by atoms with Gasteiger partial charge in [0.1, 0.15) is 0 Å². The van der Waals surface area contributed by atoms with Crippen molar-refractivity contribution in [3.05, 3.63) is 29.8 Å². The van der Waals surface area contributed by atoms with Crippen LogP contribution in [-0.2, 0) is 11.3 Å². The highest BCUT2D eigenvalue weighted by atomic mass is 16.5. The van der Waals surface area contributed by atoms with Gasteiger partial charge in [0.25, 0.3) is 0 Å². The highest BCUT2D eigenvalue weighted by molar-refractivity contribution is 6.58. The summed E-state index contributed by atoms with van der Waals surface area (Å²) in [6.07, 6.45) is 2.53. The zero-order valence-corrected chi connectivity index (χ0v) is 10.7. The predicted octanol–water partition coefficient (Wildman–Crippen LogP) is -0.0228. The standard InChI is InChI=1S/C13H20BNO3/c1-18-13-5-7-15(8-6-13)10-11-3-2-4-12(9-11)14(16)17/h2-4,9,13,16-17H,5-8,10H2,1H3. The number of likely N-dealkylation sites (tertiary alicyclic amines) is 1. The second kappa shape index (κ2) is 6.34. The molecule has 0 atom stereocenters. The first-order valence-electron chi connectivity index (χ1n) is 6.39. The number of methoxy groups -OCH3 is 1. The molecule has 0 saturated carbocycles. The molecule has 2 rings (SSSR count). The lowest BCUT2D eigenvalue weighted by molar-refractivity contribution is 0.0389. The third-order valence-electron chi connectivity index (χ3n) is 3.52. The Labute approximate surface area is 108 Å². The van der Waals surface area contributed by atoms with Gasteiger partial charge < -0.3 is 14.8 Å². The van der Waals surface area contributed by atoms with Crippen LogP contribution in [0.25, 0.3) is 0 Å². The molecule has 18 heavy (non-hydrogen) atoms. The molecule has 1 heterocycles. The summed E-state index contributed by atoms with van der Waals surface area (Å²) in [5.41, 5.74) is 1.68. The number of hydrogen-bond acceptors (Lipinski definition) is 4. The van der Waals surface area contributed by atoms with Crippen LogP contribution < -0.4 is 5.46 Å². The minimum atomic E-state index is -1.39. The summed E-state index contributed by atoms with van der Waals surface area (Å²) < 4.78 is 5.35. The van der Waals surface area contributed by atoms with E-state index in [1.807, 2.05) is 18.2 Å². The molecular formula is C13H20BNO3. The second-order valence-electron chi connectivity index (χ2n) is 4.83. The van der Waals surface area contributed by atoms with Gasteiger partial charge in [-0.3, -0.25) is 4.90 Å². The van der Waals surface area contributed by atoms with Crippen LogP contribution in [0.1, 0.15) is 18.4 Å². The summed E-state index contributed by atoms with van der Waals surface area (Å²) in [5.74, 6) is 0. The number of benzene rings is 1. The number of rotatable bonds is 4. The van der Waals surface area contributed by atoms with Crippen LogP contribution in [0.4, 0.5) is 0 Å². The molecular weight excluding hydrogens is 229 g/mol. The van der Waals surface area contributed by atoms with Crippen molar-refractivity contribution in [1.82, 2.24) is 4.90 Å². The summed E-state index contributed by atoms with van der Waals surface area (Å²) in [7, 11) is 0.385. The van der Waals surface area contributed by atoms with Crippen LogP contribution in [-0.4, -0.2) is 48.4 Å². The van der Waals surface area contributed by atoms with Crippen molar-refractivity contribution in [1.29, 1.82) is 0 Å². The zero-order chi connectivity index (χ0) is 13.0. The fourth-order valence-electron chi connectivity index (χ4n) is 2.41. The molecule has 0 radical (unpaired) electrons. The molecule has 1 saturated heterocycles. The fraction of sp³-hybridized carbons (Fsp3) is 0.538. The topological polar surface area (TPSA) is 52.9 Å². The van der Waals surface area contributed by atoms with E-state index in [-0.39, 0.29) is 0 Å². The maximum atomic E-state index is 9.15. The molecule has 1 aromatic carbocycles. The smallest absolute Gasteiger partial charge is 0.423 e. The molecule has 1 aromatic rings. The third kappa shape index (κ3) is 3.56. The van der Waals surface area contributed by atoms with Crippen molar-refractivity contribution in [2.24, 2.45) is 0 Å². The fourth-order valence-corrected chi connectivity index (χ4v) is 2.41. The van der Waals surface area contributed by atoms with Gasteiger partial charge in [-0.15, -0.1) is 0 Å². The van der Waals surface area contributed by atoms with E-state index in [2.05, 4.69) is 4.90 Å². The summed E-state index contributed by atoms with van der Waals surface area (Å²) >= 11 is 0. The number of ether oxygens (including phenoxy) is 1. The Morgan fingerprint density at radius 3 is 2.67 bits per heavy atom. The van der Waals surface area contributed by atoms with Gasteiger partial charge in [-0.05, 0) is 23.9 Å². The molecule has 0 bridgehead atoms. The van der Waals surface area contributed by atoms with Crippen molar-refractivity contribution in [2.75, 3.05) is 20.2 Å². The lowest BCUT2D eigenvalue weighted by Gasteiger charge is -2.31. The molecule has 0 aromatic heterocycles. The van der Waals surface area contributed by atoms with Gasteiger partial charge in [0.15, 0.2) is 0 Å². The van der Waals surface area contributed by atoms with E-state index in [9.17, 15) is 0 Å². The maximum absolute atomic E-state index is 9.15. The molecule has 0 aliphatic carbocycles. The number of piperidine rings is 1. The Kier molecular flexibility index (Phi) is 4.77. The highest BCUT2D eigenvalue weighted by Crippen LogP contribution is 2.15. The SMILES string of the molecule is COC1CCN(Cc2cccc(B(O)O)c2)CC1. The van der Waals surface area contributed by atoms with Crippen LogP contribution in [0.3, 0.4) is 0 Å². The van der Waals surface area contributed by atoms with Gasteiger partial charge >= 0.3 is 7.12 Å². The first kappa shape index (κ1) is 13.6. The van der Waals surface area contributed by atoms with Gasteiger partial charge in [-0.1, -0.05) is 24.3 Å². The summed E-state index contributed by atoms with van der Waals surface area (Å²) in [4.78, 5) is 2.37. The molecule has 1 aliphatic rings. The lowest BCUT2D eigenvalue weighted by atomic mass is 9.79. The maximum Gasteiger partial charge on any atom is 0.488 e. The lowest BCUT2D eigenvalue weighted by Crippen LogP contribution is -2.36. The van der Waals surface area contributed by atoms with Gasteiger partial charge in [0.05, 0.1) is 6.10 Å². The van der Waals surface area contributed by atoms with Gasteiger partial charge in [-0.25, -0.2) is 0 Å².